The van der Waals surface area contributed by atoms with Crippen LogP contribution in [0.2, 0.25) is 0 Å². The van der Waals surface area contributed by atoms with E-state index in [1.807, 2.05) is 6.07 Å². The Morgan fingerprint density at radius 1 is 1.39 bits per heavy atom. The molecular weight excluding hydrogens is 240 g/mol. The lowest BCUT2D eigenvalue weighted by atomic mass is 9.83. The Balaban J connectivity index is 1.71. The smallest absolute Gasteiger partial charge is 0.0350 e. The van der Waals surface area contributed by atoms with Crippen LogP contribution in [0, 0.1) is 0 Å². The number of nitrogen functional groups attached to an aromatic ring is 1. The fourth-order valence-electron chi connectivity index (χ4n) is 3.24. The molecule has 2 nitrogen and oxygen atoms in total. The van der Waals surface area contributed by atoms with Gasteiger partial charge in [-0.2, -0.15) is 11.8 Å². The number of nitrogens with two attached hydrogens (primary N) is 1. The van der Waals surface area contributed by atoms with Gasteiger partial charge in [-0.15, -0.1) is 0 Å². The largest absolute Gasteiger partial charge is 0.398 e. The van der Waals surface area contributed by atoms with E-state index in [1.165, 1.54) is 43.5 Å². The van der Waals surface area contributed by atoms with E-state index in [9.17, 15) is 0 Å². The maximum absolute atomic E-state index is 6.05. The van der Waals surface area contributed by atoms with Crippen molar-refractivity contribution < 1.29 is 0 Å². The maximum Gasteiger partial charge on any atom is 0.0350 e. The molecule has 98 valence electrons. The van der Waals surface area contributed by atoms with Crippen LogP contribution in [0.1, 0.15) is 30.4 Å². The number of anilines is 1. The molecule has 1 fully saturated rings. The zero-order valence-electron chi connectivity index (χ0n) is 11.1. The summed E-state index contributed by atoms with van der Waals surface area (Å²) in [7, 11) is 0. The molecule has 1 heterocycles. The summed E-state index contributed by atoms with van der Waals surface area (Å²) in [4.78, 5) is 2.62. The summed E-state index contributed by atoms with van der Waals surface area (Å²) >= 11 is 2.07. The van der Waals surface area contributed by atoms with Crippen LogP contribution in [0.15, 0.2) is 18.2 Å². The zero-order chi connectivity index (χ0) is 12.6. The molecule has 1 saturated carbocycles. The highest BCUT2D eigenvalue weighted by Crippen LogP contribution is 2.44. The lowest BCUT2D eigenvalue weighted by Crippen LogP contribution is -2.46. The van der Waals surface area contributed by atoms with Gasteiger partial charge in [0.25, 0.3) is 0 Å². The monoisotopic (exact) mass is 262 g/mol. The van der Waals surface area contributed by atoms with Crippen LogP contribution in [0.5, 0.6) is 0 Å². The van der Waals surface area contributed by atoms with E-state index in [0.29, 0.717) is 4.75 Å². The first-order valence-corrected chi connectivity index (χ1v) is 8.09. The normalized spacial score (nSPS) is 22.3. The van der Waals surface area contributed by atoms with Crippen LogP contribution in [0.25, 0.3) is 0 Å². The van der Waals surface area contributed by atoms with Crippen LogP contribution in [-0.2, 0) is 13.0 Å². The SMILES string of the molecule is CSC1(CN2CCc3c(N)cccc3C2)CCC1. The molecule has 0 atom stereocenters. The number of rotatable bonds is 3. The fraction of sp³-hybridized carbons (Fsp3) is 0.600. The maximum atomic E-state index is 6.05. The van der Waals surface area contributed by atoms with Gasteiger partial charge in [0.2, 0.25) is 0 Å². The van der Waals surface area contributed by atoms with Crippen molar-refractivity contribution in [3.8, 4) is 0 Å². The molecule has 0 aromatic heterocycles. The van der Waals surface area contributed by atoms with Crippen LogP contribution in [-0.4, -0.2) is 29.0 Å². The third-order valence-electron chi connectivity index (χ3n) is 4.59. The van der Waals surface area contributed by atoms with Crippen molar-refractivity contribution >= 4 is 17.4 Å². The first kappa shape index (κ1) is 12.4. The summed E-state index contributed by atoms with van der Waals surface area (Å²) in [5, 5.41) is 0. The lowest BCUT2D eigenvalue weighted by Gasteiger charge is -2.45. The molecule has 0 saturated heterocycles. The summed E-state index contributed by atoms with van der Waals surface area (Å²) in [6, 6.07) is 6.36. The van der Waals surface area contributed by atoms with Gasteiger partial charge in [0.1, 0.15) is 0 Å². The second-order valence-corrected chi connectivity index (χ2v) is 6.96. The number of nitrogens with zero attached hydrogens (tertiary/aromatic N) is 1. The van der Waals surface area contributed by atoms with E-state index in [-0.39, 0.29) is 0 Å². The van der Waals surface area contributed by atoms with E-state index in [4.69, 9.17) is 5.73 Å². The minimum Gasteiger partial charge on any atom is -0.398 e. The lowest BCUT2D eigenvalue weighted by molar-refractivity contribution is 0.188. The molecule has 0 spiro atoms. The van der Waals surface area contributed by atoms with Gasteiger partial charge in [0, 0.05) is 30.1 Å². The van der Waals surface area contributed by atoms with E-state index in [0.717, 1.165) is 18.7 Å². The quantitative estimate of drug-likeness (QED) is 0.849. The van der Waals surface area contributed by atoms with E-state index >= 15 is 0 Å². The molecule has 0 radical (unpaired) electrons. The van der Waals surface area contributed by atoms with Crippen LogP contribution in [0.3, 0.4) is 0 Å². The molecule has 3 heteroatoms. The predicted molar refractivity (Wildman–Crippen MR) is 79.9 cm³/mol. The van der Waals surface area contributed by atoms with Gasteiger partial charge in [0.15, 0.2) is 0 Å². The minimum atomic E-state index is 0.553. The van der Waals surface area contributed by atoms with Gasteiger partial charge < -0.3 is 5.73 Å². The fourth-order valence-corrected chi connectivity index (χ4v) is 4.25. The molecule has 3 rings (SSSR count). The van der Waals surface area contributed by atoms with Crippen molar-refractivity contribution in [3.05, 3.63) is 29.3 Å². The Hall–Kier alpha value is -0.670. The Morgan fingerprint density at radius 3 is 2.89 bits per heavy atom. The summed E-state index contributed by atoms with van der Waals surface area (Å²) in [5.74, 6) is 0. The van der Waals surface area contributed by atoms with Crippen molar-refractivity contribution in [2.75, 3.05) is 25.1 Å². The highest BCUT2D eigenvalue weighted by molar-refractivity contribution is 8.00. The van der Waals surface area contributed by atoms with Gasteiger partial charge in [-0.05, 0) is 42.7 Å². The van der Waals surface area contributed by atoms with E-state index in [2.05, 4.69) is 35.1 Å². The Bertz CT molecular complexity index is 435. The minimum absolute atomic E-state index is 0.553. The van der Waals surface area contributed by atoms with Gasteiger partial charge in [-0.25, -0.2) is 0 Å². The molecule has 2 aliphatic rings. The summed E-state index contributed by atoms with van der Waals surface area (Å²) in [6.45, 7) is 3.51. The third kappa shape index (κ3) is 2.14. The topological polar surface area (TPSA) is 29.3 Å². The molecule has 0 bridgehead atoms. The average Bonchev–Trinajstić information content (AvgIpc) is 2.34. The Kier molecular flexibility index (Phi) is 3.29. The average molecular weight is 262 g/mol. The second kappa shape index (κ2) is 4.78. The number of hydrogen-bond donors (Lipinski definition) is 1. The highest BCUT2D eigenvalue weighted by Gasteiger charge is 2.38. The zero-order valence-corrected chi connectivity index (χ0v) is 11.9. The number of benzene rings is 1. The van der Waals surface area contributed by atoms with Crippen molar-refractivity contribution in [3.63, 3.8) is 0 Å². The molecule has 18 heavy (non-hydrogen) atoms. The third-order valence-corrected chi connectivity index (χ3v) is 5.99. The standard InChI is InChI=1S/C15H22N2S/c1-18-15(7-3-8-15)11-17-9-6-13-12(10-17)4-2-5-14(13)16/h2,4-5H,3,6-11,16H2,1H3. The molecule has 1 aromatic rings. The van der Waals surface area contributed by atoms with Crippen LogP contribution in [0.4, 0.5) is 5.69 Å². The summed E-state index contributed by atoms with van der Waals surface area (Å²) in [5.41, 5.74) is 9.87. The molecular formula is C15H22N2S. The predicted octanol–water partition coefficient (Wildman–Crippen LogP) is 2.91. The molecule has 1 aliphatic heterocycles. The Morgan fingerprint density at radius 2 is 2.22 bits per heavy atom. The second-order valence-electron chi connectivity index (χ2n) is 5.69. The van der Waals surface area contributed by atoms with Crippen molar-refractivity contribution in [2.24, 2.45) is 0 Å². The first-order chi connectivity index (χ1) is 8.72. The van der Waals surface area contributed by atoms with Gasteiger partial charge in [0.05, 0.1) is 0 Å². The number of thioether (sulfide) groups is 1. The van der Waals surface area contributed by atoms with Crippen molar-refractivity contribution in [2.45, 2.75) is 37.0 Å². The van der Waals surface area contributed by atoms with Crippen LogP contribution >= 0.6 is 11.8 Å². The summed E-state index contributed by atoms with van der Waals surface area (Å²) < 4.78 is 0.553. The highest BCUT2D eigenvalue weighted by atomic mass is 32.2. The van der Waals surface area contributed by atoms with Crippen molar-refractivity contribution in [1.29, 1.82) is 0 Å². The molecule has 0 amide bonds. The number of fused-ring (bicyclic) bond motifs is 1. The van der Waals surface area contributed by atoms with E-state index < -0.39 is 0 Å². The number of hydrogen-bond acceptors (Lipinski definition) is 3. The molecule has 1 aromatic carbocycles. The Labute approximate surface area is 114 Å². The molecule has 0 unspecified atom stereocenters. The van der Waals surface area contributed by atoms with Gasteiger partial charge >= 0.3 is 0 Å². The van der Waals surface area contributed by atoms with Crippen molar-refractivity contribution in [1.82, 2.24) is 4.90 Å². The molecule has 1 aliphatic carbocycles. The van der Waals surface area contributed by atoms with Gasteiger partial charge in [-0.3, -0.25) is 4.90 Å². The molecule has 2 N–H and O–H groups in total. The van der Waals surface area contributed by atoms with Gasteiger partial charge in [-0.1, -0.05) is 18.6 Å². The summed E-state index contributed by atoms with van der Waals surface area (Å²) in [6.07, 6.45) is 7.60. The van der Waals surface area contributed by atoms with Crippen LogP contribution < -0.4 is 5.73 Å². The van der Waals surface area contributed by atoms with E-state index in [1.54, 1.807) is 0 Å². The first-order valence-electron chi connectivity index (χ1n) is 6.86.